The van der Waals surface area contributed by atoms with E-state index >= 15 is 0 Å². The molecule has 110 valence electrons. The summed E-state index contributed by atoms with van der Waals surface area (Å²) in [6.45, 7) is 0. The van der Waals surface area contributed by atoms with Gasteiger partial charge in [-0.2, -0.15) is 5.26 Å². The first-order valence-corrected chi connectivity index (χ1v) is 8.16. The summed E-state index contributed by atoms with van der Waals surface area (Å²) >= 11 is 0. The second-order valence-electron chi connectivity index (χ2n) is 4.90. The number of nitrogens with zero attached hydrogens (tertiary/aromatic N) is 1. The molecule has 0 spiro atoms. The summed E-state index contributed by atoms with van der Waals surface area (Å²) in [4.78, 5) is 12.1. The third-order valence-corrected chi connectivity index (χ3v) is 4.23. The molecule has 1 amide bonds. The van der Waals surface area contributed by atoms with Gasteiger partial charge in [0, 0.05) is 17.9 Å². The number of benzene rings is 1. The monoisotopic (exact) mass is 306 g/mol. The van der Waals surface area contributed by atoms with Gasteiger partial charge >= 0.3 is 0 Å². The summed E-state index contributed by atoms with van der Waals surface area (Å²) in [7, 11) is -3.30. The predicted molar refractivity (Wildman–Crippen MR) is 76.2 cm³/mol. The third-order valence-electron chi connectivity index (χ3n) is 3.10. The minimum absolute atomic E-state index is 0.0991. The number of carbonyl (C=O) groups excluding carboxylic acids is 1. The number of carbonyl (C=O) groups is 1. The molecule has 0 aliphatic heterocycles. The Hall–Kier alpha value is -2.33. The first kappa shape index (κ1) is 15.1. The van der Waals surface area contributed by atoms with Gasteiger partial charge in [0.1, 0.15) is 11.8 Å². The quantitative estimate of drug-likeness (QED) is 0.501. The molecule has 1 fully saturated rings. The first-order valence-electron chi connectivity index (χ1n) is 6.27. The van der Waals surface area contributed by atoms with Gasteiger partial charge in [-0.05, 0) is 37.1 Å². The third kappa shape index (κ3) is 3.61. The molecule has 2 rings (SSSR count). The fourth-order valence-electron chi connectivity index (χ4n) is 1.76. The maximum atomic E-state index is 11.9. The van der Waals surface area contributed by atoms with Crippen molar-refractivity contribution in [3.63, 3.8) is 0 Å². The number of nitriles is 1. The molecule has 7 heteroatoms. The van der Waals surface area contributed by atoms with Crippen molar-refractivity contribution in [2.45, 2.75) is 17.7 Å². The zero-order valence-corrected chi connectivity index (χ0v) is 12.1. The molecule has 0 saturated heterocycles. The molecule has 0 atom stereocenters. The molecule has 1 aliphatic rings. The van der Waals surface area contributed by atoms with Crippen LogP contribution in [-0.2, 0) is 14.6 Å². The van der Waals surface area contributed by atoms with Gasteiger partial charge in [0.2, 0.25) is 0 Å². The Labute approximate surface area is 122 Å². The van der Waals surface area contributed by atoms with Crippen LogP contribution in [0, 0.1) is 17.2 Å². The number of hydrogen-bond acceptors (Lipinski definition) is 5. The lowest BCUT2D eigenvalue weighted by Gasteiger charge is -2.06. The maximum Gasteiger partial charge on any atom is 0.269 e. The number of allylic oxidation sites excluding steroid dienone is 1. The van der Waals surface area contributed by atoms with E-state index in [1.807, 2.05) is 0 Å². The average Bonchev–Trinajstić information content (AvgIpc) is 3.23. The molecule has 1 aromatic carbocycles. The summed E-state index contributed by atoms with van der Waals surface area (Å²) in [5, 5.41) is 21.2. The van der Waals surface area contributed by atoms with Crippen LogP contribution < -0.4 is 5.32 Å². The highest BCUT2D eigenvalue weighted by atomic mass is 32.2. The van der Waals surface area contributed by atoms with Gasteiger partial charge in [-0.15, -0.1) is 0 Å². The number of rotatable bonds is 4. The van der Waals surface area contributed by atoms with Crippen LogP contribution in [0.4, 0.5) is 5.69 Å². The normalized spacial score (nSPS) is 15.8. The van der Waals surface area contributed by atoms with Crippen LogP contribution in [0.15, 0.2) is 40.5 Å². The minimum Gasteiger partial charge on any atom is -0.510 e. The molecule has 1 aromatic rings. The number of sulfone groups is 1. The van der Waals surface area contributed by atoms with Crippen LogP contribution >= 0.6 is 0 Å². The first-order chi connectivity index (χ1) is 9.82. The highest BCUT2D eigenvalue weighted by Crippen LogP contribution is 2.36. The van der Waals surface area contributed by atoms with Gasteiger partial charge < -0.3 is 10.4 Å². The Morgan fingerprint density at radius 1 is 1.33 bits per heavy atom. The molecule has 1 aliphatic carbocycles. The van der Waals surface area contributed by atoms with E-state index in [4.69, 9.17) is 5.26 Å². The molecule has 21 heavy (non-hydrogen) atoms. The van der Waals surface area contributed by atoms with Crippen molar-refractivity contribution in [3.8, 4) is 6.07 Å². The van der Waals surface area contributed by atoms with Crippen molar-refractivity contribution in [3.05, 3.63) is 35.6 Å². The molecule has 0 radical (unpaired) electrons. The minimum atomic E-state index is -3.30. The van der Waals surface area contributed by atoms with E-state index in [1.165, 1.54) is 24.3 Å². The standard InChI is InChI=1S/C14H14N2O4S/c1-21(19,20)11-6-4-10(5-7-11)16-14(18)12(8-15)13(17)9-2-3-9/h4-7,9,17H,2-3H2,1H3,(H,16,18)/b13-12-. The second-order valence-corrected chi connectivity index (χ2v) is 6.91. The van der Waals surface area contributed by atoms with Gasteiger partial charge in [-0.1, -0.05) is 0 Å². The van der Waals surface area contributed by atoms with Crippen LogP contribution in [0.5, 0.6) is 0 Å². The molecular weight excluding hydrogens is 292 g/mol. The SMILES string of the molecule is CS(=O)(=O)c1ccc(NC(=O)/C(C#N)=C(\O)C2CC2)cc1. The zero-order chi connectivity index (χ0) is 15.6. The Kier molecular flexibility index (Phi) is 4.00. The Bertz CT molecular complexity index is 738. The predicted octanol–water partition coefficient (Wildman–Crippen LogP) is 1.77. The molecular formula is C14H14N2O4S. The van der Waals surface area contributed by atoms with E-state index in [0.29, 0.717) is 5.69 Å². The Morgan fingerprint density at radius 2 is 1.90 bits per heavy atom. The summed E-state index contributed by atoms with van der Waals surface area (Å²) in [5.41, 5.74) is 0.0495. The molecule has 0 heterocycles. The van der Waals surface area contributed by atoms with E-state index in [9.17, 15) is 18.3 Å². The van der Waals surface area contributed by atoms with E-state index in [1.54, 1.807) is 6.07 Å². The zero-order valence-electron chi connectivity index (χ0n) is 11.3. The fourth-order valence-corrected chi connectivity index (χ4v) is 2.39. The van der Waals surface area contributed by atoms with Crippen molar-refractivity contribution < 1.29 is 18.3 Å². The molecule has 6 nitrogen and oxygen atoms in total. The van der Waals surface area contributed by atoms with Crippen LogP contribution in [0.3, 0.4) is 0 Å². The van der Waals surface area contributed by atoms with Gasteiger partial charge in [-0.3, -0.25) is 4.79 Å². The van der Waals surface area contributed by atoms with Gasteiger partial charge in [0.25, 0.3) is 5.91 Å². The number of aliphatic hydroxyl groups is 1. The lowest BCUT2D eigenvalue weighted by molar-refractivity contribution is -0.112. The summed E-state index contributed by atoms with van der Waals surface area (Å²) in [5.74, 6) is -0.977. The smallest absolute Gasteiger partial charge is 0.269 e. The van der Waals surface area contributed by atoms with E-state index in [2.05, 4.69) is 5.32 Å². The van der Waals surface area contributed by atoms with Crippen molar-refractivity contribution >= 4 is 21.4 Å². The maximum absolute atomic E-state index is 11.9. The number of aliphatic hydroxyl groups excluding tert-OH is 1. The molecule has 1 saturated carbocycles. The lowest BCUT2D eigenvalue weighted by Crippen LogP contribution is -2.16. The van der Waals surface area contributed by atoms with Crippen molar-refractivity contribution in [1.82, 2.24) is 0 Å². The van der Waals surface area contributed by atoms with Gasteiger partial charge in [0.05, 0.1) is 4.90 Å². The molecule has 0 aromatic heterocycles. The van der Waals surface area contributed by atoms with E-state index in [-0.39, 0.29) is 22.1 Å². The average molecular weight is 306 g/mol. The largest absolute Gasteiger partial charge is 0.510 e. The van der Waals surface area contributed by atoms with Crippen LogP contribution in [0.25, 0.3) is 0 Å². The van der Waals surface area contributed by atoms with Crippen molar-refractivity contribution in [2.75, 3.05) is 11.6 Å². The Balaban J connectivity index is 2.16. The van der Waals surface area contributed by atoms with Crippen molar-refractivity contribution in [2.24, 2.45) is 5.92 Å². The van der Waals surface area contributed by atoms with Gasteiger partial charge in [0.15, 0.2) is 15.4 Å². The highest BCUT2D eigenvalue weighted by Gasteiger charge is 2.30. The summed E-state index contributed by atoms with van der Waals surface area (Å²) in [6.07, 6.45) is 2.63. The Morgan fingerprint density at radius 3 is 2.33 bits per heavy atom. The number of amides is 1. The second kappa shape index (κ2) is 5.58. The summed E-state index contributed by atoms with van der Waals surface area (Å²) in [6, 6.07) is 7.28. The van der Waals surface area contributed by atoms with E-state index in [0.717, 1.165) is 19.1 Å². The van der Waals surface area contributed by atoms with Crippen LogP contribution in [0.2, 0.25) is 0 Å². The molecule has 2 N–H and O–H groups in total. The fraction of sp³-hybridized carbons (Fsp3) is 0.286. The lowest BCUT2D eigenvalue weighted by atomic mass is 10.1. The molecule has 0 unspecified atom stereocenters. The van der Waals surface area contributed by atoms with Crippen molar-refractivity contribution in [1.29, 1.82) is 5.26 Å². The number of nitrogens with one attached hydrogen (secondary N) is 1. The highest BCUT2D eigenvalue weighted by molar-refractivity contribution is 7.90. The van der Waals surface area contributed by atoms with Crippen LogP contribution in [0.1, 0.15) is 12.8 Å². The summed E-state index contributed by atoms with van der Waals surface area (Å²) < 4.78 is 22.6. The van der Waals surface area contributed by atoms with E-state index < -0.39 is 15.7 Å². The topological polar surface area (TPSA) is 107 Å². The number of anilines is 1. The van der Waals surface area contributed by atoms with Crippen LogP contribution in [-0.4, -0.2) is 25.7 Å². The number of hydrogen-bond donors (Lipinski definition) is 2. The molecule has 0 bridgehead atoms. The van der Waals surface area contributed by atoms with Gasteiger partial charge in [-0.25, -0.2) is 8.42 Å².